The molecule has 0 bridgehead atoms. The zero-order valence-corrected chi connectivity index (χ0v) is 15.1. The summed E-state index contributed by atoms with van der Waals surface area (Å²) >= 11 is 0. The van der Waals surface area contributed by atoms with Gasteiger partial charge >= 0.3 is 0 Å². The Balaban J connectivity index is 2.08. The van der Waals surface area contributed by atoms with E-state index in [1.165, 1.54) is 11.1 Å². The smallest absolute Gasteiger partial charge is 0.0622 e. The molecule has 0 nitrogen and oxygen atoms in total. The quantitative estimate of drug-likeness (QED) is 0.368. The molecule has 0 heteroatoms. The predicted octanol–water partition coefficient (Wildman–Crippen LogP) is 7.30. The van der Waals surface area contributed by atoms with Crippen LogP contribution >= 0.6 is 0 Å². The van der Waals surface area contributed by atoms with Gasteiger partial charge < -0.3 is 0 Å². The van der Waals surface area contributed by atoms with Crippen molar-refractivity contribution >= 4 is 0 Å². The number of hydrogen-bond donors (Lipinski definition) is 0. The van der Waals surface area contributed by atoms with E-state index in [0.29, 0.717) is 12.1 Å². The molecule has 26 heavy (non-hydrogen) atoms. The lowest BCUT2D eigenvalue weighted by Crippen LogP contribution is -1.91. The Morgan fingerprint density at radius 3 is 1.88 bits per heavy atom. The Bertz CT molecular complexity index is 1140. The van der Waals surface area contributed by atoms with Gasteiger partial charge in [0.25, 0.3) is 0 Å². The molecule has 0 aromatic heterocycles. The van der Waals surface area contributed by atoms with Gasteiger partial charge in [-0.05, 0) is 47.2 Å². The van der Waals surface area contributed by atoms with Gasteiger partial charge in [0.15, 0.2) is 0 Å². The molecule has 0 aliphatic rings. The lowest BCUT2D eigenvalue weighted by atomic mass is 9.87. The Morgan fingerprint density at radius 1 is 0.577 bits per heavy atom. The largest absolute Gasteiger partial charge is 0.0629 e. The Labute approximate surface area is 158 Å². The highest BCUT2D eigenvalue weighted by molar-refractivity contribution is 5.94. The minimum Gasteiger partial charge on any atom is -0.0622 e. The molecule has 4 aromatic carbocycles. The highest BCUT2D eigenvalue weighted by Crippen LogP contribution is 2.40. The summed E-state index contributed by atoms with van der Waals surface area (Å²) in [5, 5.41) is 0. The van der Waals surface area contributed by atoms with Crippen molar-refractivity contribution in [1.29, 1.82) is 0 Å². The van der Waals surface area contributed by atoms with Gasteiger partial charge in [-0.15, -0.1) is 0 Å². The summed E-state index contributed by atoms with van der Waals surface area (Å²) in [4.78, 5) is 0. The molecule has 0 amide bonds. The molecule has 0 heterocycles. The maximum Gasteiger partial charge on any atom is 0.0629 e. The van der Waals surface area contributed by atoms with Crippen LogP contribution in [-0.4, -0.2) is 0 Å². The molecule has 4 aromatic rings. The van der Waals surface area contributed by atoms with E-state index in [0.717, 1.165) is 33.4 Å². The zero-order valence-electron chi connectivity index (χ0n) is 17.1. The average Bonchev–Trinajstić information content (AvgIpc) is 2.68. The standard InChI is InChI=1S/C26H22/c1-19-9-6-13-22(17-19)25-16-8-15-24(21-11-4-3-5-12-21)26(25)23-14-7-10-20(2)18-23/h3-18H,1-2H3/i3D,16D. The molecule has 0 spiro atoms. The maximum atomic E-state index is 8.69. The first-order valence-electron chi connectivity index (χ1n) is 9.87. The van der Waals surface area contributed by atoms with E-state index >= 15 is 0 Å². The van der Waals surface area contributed by atoms with E-state index in [1.807, 2.05) is 42.5 Å². The minimum absolute atomic E-state index is 0.497. The third kappa shape index (κ3) is 3.19. The summed E-state index contributed by atoms with van der Waals surface area (Å²) in [6.45, 7) is 4.17. The molecule has 0 saturated carbocycles. The fourth-order valence-corrected chi connectivity index (χ4v) is 3.43. The molecule has 0 N–H and O–H groups in total. The van der Waals surface area contributed by atoms with E-state index in [9.17, 15) is 0 Å². The first-order chi connectivity index (χ1) is 13.5. The number of aryl methyl sites for hydroxylation is 2. The van der Waals surface area contributed by atoms with Crippen LogP contribution in [0.1, 0.15) is 13.9 Å². The van der Waals surface area contributed by atoms with Crippen molar-refractivity contribution in [2.45, 2.75) is 13.8 Å². The second-order valence-corrected chi connectivity index (χ2v) is 6.67. The zero-order chi connectivity index (χ0) is 19.7. The van der Waals surface area contributed by atoms with Crippen molar-refractivity contribution in [3.05, 3.63) is 108 Å². The molecule has 0 aliphatic carbocycles. The lowest BCUT2D eigenvalue weighted by molar-refractivity contribution is 1.45. The van der Waals surface area contributed by atoms with Crippen molar-refractivity contribution in [2.75, 3.05) is 0 Å². The third-order valence-electron chi connectivity index (χ3n) is 4.64. The van der Waals surface area contributed by atoms with Gasteiger partial charge in [0.2, 0.25) is 0 Å². The predicted molar refractivity (Wildman–Crippen MR) is 112 cm³/mol. The van der Waals surface area contributed by atoms with E-state index in [2.05, 4.69) is 56.3 Å². The van der Waals surface area contributed by atoms with Gasteiger partial charge in [-0.25, -0.2) is 0 Å². The monoisotopic (exact) mass is 336 g/mol. The van der Waals surface area contributed by atoms with Crippen molar-refractivity contribution in [2.24, 2.45) is 0 Å². The normalized spacial score (nSPS) is 11.8. The van der Waals surface area contributed by atoms with Crippen molar-refractivity contribution in [3.8, 4) is 33.4 Å². The van der Waals surface area contributed by atoms with Crippen LogP contribution in [0.4, 0.5) is 0 Å². The summed E-state index contributed by atoms with van der Waals surface area (Å²) < 4.78 is 16.5. The van der Waals surface area contributed by atoms with Crippen LogP contribution in [0.25, 0.3) is 33.4 Å². The van der Waals surface area contributed by atoms with Crippen molar-refractivity contribution < 1.29 is 2.74 Å². The topological polar surface area (TPSA) is 0 Å². The molecule has 0 aliphatic heterocycles. The molecule has 0 fully saturated rings. The van der Waals surface area contributed by atoms with Crippen LogP contribution in [0, 0.1) is 13.8 Å². The van der Waals surface area contributed by atoms with Crippen LogP contribution in [0.2, 0.25) is 0 Å². The SMILES string of the molecule is [2H]c1ccc(-c2ccc([2H])c(-c3cccc(C)c3)c2-c2cccc(C)c2)cc1. The molecule has 0 unspecified atom stereocenters. The Kier molecular flexibility index (Phi) is 3.80. The highest BCUT2D eigenvalue weighted by atomic mass is 14.2. The maximum absolute atomic E-state index is 8.69. The summed E-state index contributed by atoms with van der Waals surface area (Å²) in [6, 6.07) is 29.3. The van der Waals surface area contributed by atoms with Gasteiger partial charge in [0.1, 0.15) is 0 Å². The third-order valence-corrected chi connectivity index (χ3v) is 4.64. The highest BCUT2D eigenvalue weighted by Gasteiger charge is 2.14. The second-order valence-electron chi connectivity index (χ2n) is 6.67. The molecule has 0 saturated heterocycles. The van der Waals surface area contributed by atoms with Crippen LogP contribution < -0.4 is 0 Å². The lowest BCUT2D eigenvalue weighted by Gasteiger charge is -2.17. The first kappa shape index (κ1) is 14.1. The molecule has 0 radical (unpaired) electrons. The van der Waals surface area contributed by atoms with Gasteiger partial charge in [0, 0.05) is 0 Å². The van der Waals surface area contributed by atoms with Crippen LogP contribution in [0.15, 0.2) is 97.0 Å². The number of hydrogen-bond acceptors (Lipinski definition) is 0. The van der Waals surface area contributed by atoms with Gasteiger partial charge in [-0.1, -0.05) is 108 Å². The average molecular weight is 336 g/mol. The number of rotatable bonds is 3. The van der Waals surface area contributed by atoms with Gasteiger partial charge in [-0.2, -0.15) is 0 Å². The Morgan fingerprint density at radius 2 is 1.19 bits per heavy atom. The van der Waals surface area contributed by atoms with Crippen LogP contribution in [0.3, 0.4) is 0 Å². The van der Waals surface area contributed by atoms with E-state index < -0.39 is 0 Å². The summed E-state index contributed by atoms with van der Waals surface area (Å²) in [5.41, 5.74) is 8.68. The summed E-state index contributed by atoms with van der Waals surface area (Å²) in [7, 11) is 0. The van der Waals surface area contributed by atoms with Crippen molar-refractivity contribution in [1.82, 2.24) is 0 Å². The van der Waals surface area contributed by atoms with E-state index in [1.54, 1.807) is 0 Å². The second kappa shape index (κ2) is 7.01. The van der Waals surface area contributed by atoms with Crippen LogP contribution in [-0.2, 0) is 0 Å². The molecule has 4 rings (SSSR count). The minimum atomic E-state index is 0.497. The van der Waals surface area contributed by atoms with E-state index in [4.69, 9.17) is 2.74 Å². The Hall–Kier alpha value is -3.12. The molecular weight excluding hydrogens is 312 g/mol. The summed E-state index contributed by atoms with van der Waals surface area (Å²) in [5.74, 6) is 0. The van der Waals surface area contributed by atoms with Gasteiger partial charge in [-0.3, -0.25) is 0 Å². The molecular formula is C26H22. The summed E-state index contributed by atoms with van der Waals surface area (Å²) in [6.07, 6.45) is 0. The molecule has 0 atom stereocenters. The fraction of sp³-hybridized carbons (Fsp3) is 0.0769. The van der Waals surface area contributed by atoms with Crippen LogP contribution in [0.5, 0.6) is 0 Å². The molecule has 126 valence electrons. The number of benzene rings is 4. The van der Waals surface area contributed by atoms with Crippen molar-refractivity contribution in [3.63, 3.8) is 0 Å². The fourth-order valence-electron chi connectivity index (χ4n) is 3.43. The van der Waals surface area contributed by atoms with E-state index in [-0.39, 0.29) is 0 Å². The van der Waals surface area contributed by atoms with Gasteiger partial charge in [0.05, 0.1) is 2.74 Å². The first-order valence-corrected chi connectivity index (χ1v) is 8.87.